The number of rotatable bonds is 1. The third-order valence-electron chi connectivity index (χ3n) is 6.65. The Morgan fingerprint density at radius 2 is 2.00 bits per heavy atom. The van der Waals surface area contributed by atoms with E-state index in [-0.39, 0.29) is 5.75 Å². The van der Waals surface area contributed by atoms with Crippen molar-refractivity contribution in [1.82, 2.24) is 9.88 Å². The van der Waals surface area contributed by atoms with Gasteiger partial charge in [-0.2, -0.15) is 0 Å². The van der Waals surface area contributed by atoms with Crippen molar-refractivity contribution in [3.05, 3.63) is 64.3 Å². The molecule has 0 amide bonds. The zero-order chi connectivity index (χ0) is 18.8. The maximum absolute atomic E-state index is 12.0. The van der Waals surface area contributed by atoms with E-state index < -0.39 is 11.0 Å². The molecule has 1 aliphatic heterocycles. The van der Waals surface area contributed by atoms with Crippen LogP contribution < -0.4 is 0 Å². The highest BCUT2D eigenvalue weighted by Gasteiger charge is 2.57. The molecule has 3 N–H and O–H groups in total. The summed E-state index contributed by atoms with van der Waals surface area (Å²) in [6.07, 6.45) is 2.16. The van der Waals surface area contributed by atoms with Crippen molar-refractivity contribution in [2.24, 2.45) is 0 Å². The van der Waals surface area contributed by atoms with Gasteiger partial charge in [0, 0.05) is 46.4 Å². The van der Waals surface area contributed by atoms with Gasteiger partial charge in [-0.1, -0.05) is 29.8 Å². The molecular formula is C22H23ClN2O2. The number of phenols is 1. The van der Waals surface area contributed by atoms with Crippen LogP contribution in [0.1, 0.15) is 23.2 Å². The zero-order valence-corrected chi connectivity index (χ0v) is 16.1. The smallest absolute Gasteiger partial charge is 0.115 e. The van der Waals surface area contributed by atoms with Gasteiger partial charge in [0.05, 0.1) is 5.60 Å². The number of nitrogens with zero attached hydrogens (tertiary/aromatic N) is 1. The summed E-state index contributed by atoms with van der Waals surface area (Å²) >= 11 is 6.19. The Morgan fingerprint density at radius 1 is 1.15 bits per heavy atom. The SMILES string of the molecule is CN1CCC2(c3cccc(O)c3)Cc3[nH]c4cc(Cl)ccc4c3CC2(O)C1. The van der Waals surface area contributed by atoms with Crippen LogP contribution in [0.25, 0.3) is 10.9 Å². The predicted molar refractivity (Wildman–Crippen MR) is 108 cm³/mol. The number of piperidine rings is 1. The largest absolute Gasteiger partial charge is 0.508 e. The van der Waals surface area contributed by atoms with Crippen LogP contribution in [-0.4, -0.2) is 45.8 Å². The van der Waals surface area contributed by atoms with Crippen LogP contribution >= 0.6 is 11.6 Å². The third kappa shape index (κ3) is 2.44. The molecule has 4 nitrogen and oxygen atoms in total. The Labute approximate surface area is 163 Å². The first-order valence-corrected chi connectivity index (χ1v) is 9.77. The number of phenolic OH excluding ortho intramolecular Hbond substituents is 1. The molecule has 5 rings (SSSR count). The fraction of sp³-hybridized carbons (Fsp3) is 0.364. The lowest BCUT2D eigenvalue weighted by atomic mass is 9.56. The molecule has 0 radical (unpaired) electrons. The maximum Gasteiger partial charge on any atom is 0.115 e. The summed E-state index contributed by atoms with van der Waals surface area (Å²) in [5, 5.41) is 23.9. The second-order valence-electron chi connectivity index (χ2n) is 8.28. The minimum Gasteiger partial charge on any atom is -0.508 e. The number of benzene rings is 2. The zero-order valence-electron chi connectivity index (χ0n) is 15.3. The molecule has 2 atom stereocenters. The number of aliphatic hydroxyl groups is 1. The number of hydrogen-bond acceptors (Lipinski definition) is 3. The van der Waals surface area contributed by atoms with E-state index in [2.05, 4.69) is 16.9 Å². The van der Waals surface area contributed by atoms with Gasteiger partial charge in [0.1, 0.15) is 5.75 Å². The van der Waals surface area contributed by atoms with Crippen molar-refractivity contribution in [2.45, 2.75) is 30.3 Å². The highest BCUT2D eigenvalue weighted by atomic mass is 35.5. The van der Waals surface area contributed by atoms with Gasteiger partial charge in [-0.05, 0) is 55.4 Å². The summed E-state index contributed by atoms with van der Waals surface area (Å²) < 4.78 is 0. The van der Waals surface area contributed by atoms with Crippen LogP contribution in [0.3, 0.4) is 0 Å². The van der Waals surface area contributed by atoms with E-state index in [9.17, 15) is 10.2 Å². The normalized spacial score (nSPS) is 28.1. The van der Waals surface area contributed by atoms with E-state index in [0.29, 0.717) is 18.0 Å². The van der Waals surface area contributed by atoms with Gasteiger partial charge in [0.2, 0.25) is 0 Å². The molecule has 3 aromatic rings. The molecule has 27 heavy (non-hydrogen) atoms. The van der Waals surface area contributed by atoms with Crippen LogP contribution in [-0.2, 0) is 18.3 Å². The van der Waals surface area contributed by atoms with Gasteiger partial charge in [0.15, 0.2) is 0 Å². The summed E-state index contributed by atoms with van der Waals surface area (Å²) in [6.45, 7) is 1.53. The quantitative estimate of drug-likeness (QED) is 0.602. The Hall–Kier alpha value is -2.01. The summed E-state index contributed by atoms with van der Waals surface area (Å²) in [4.78, 5) is 5.76. The average Bonchev–Trinajstić information content (AvgIpc) is 2.94. The minimum atomic E-state index is -0.893. The molecule has 2 aliphatic rings. The van der Waals surface area contributed by atoms with Crippen LogP contribution in [0.4, 0.5) is 0 Å². The molecule has 140 valence electrons. The minimum absolute atomic E-state index is 0.248. The van der Waals surface area contributed by atoms with Crippen molar-refractivity contribution < 1.29 is 10.2 Å². The molecule has 1 aromatic heterocycles. The van der Waals surface area contributed by atoms with Gasteiger partial charge in [-0.3, -0.25) is 0 Å². The van der Waals surface area contributed by atoms with Gasteiger partial charge in [0.25, 0.3) is 0 Å². The molecule has 1 fully saturated rings. The van der Waals surface area contributed by atoms with E-state index in [1.54, 1.807) is 6.07 Å². The Bertz CT molecular complexity index is 1050. The lowest BCUT2D eigenvalue weighted by Crippen LogP contribution is -2.65. The van der Waals surface area contributed by atoms with E-state index in [1.807, 2.05) is 36.4 Å². The van der Waals surface area contributed by atoms with E-state index >= 15 is 0 Å². The lowest BCUT2D eigenvalue weighted by Gasteiger charge is -2.55. The second kappa shape index (κ2) is 5.74. The summed E-state index contributed by atoms with van der Waals surface area (Å²) in [6, 6.07) is 13.3. The molecule has 0 saturated carbocycles. The molecule has 0 bridgehead atoms. The second-order valence-corrected chi connectivity index (χ2v) is 8.71. The number of β-amino-alcohol motifs (C(OH)–C–C–N with tert-alkyl or cyclic N) is 1. The first-order valence-electron chi connectivity index (χ1n) is 9.40. The molecular weight excluding hydrogens is 360 g/mol. The fourth-order valence-corrected chi connectivity index (χ4v) is 5.49. The standard InChI is InChI=1S/C22H23ClN2O2/c1-25-8-7-21(14-3-2-4-16(26)9-14)12-20-18(11-22(21,27)13-25)17-6-5-15(23)10-19(17)24-20/h2-6,9-10,24,26-27H,7-8,11-13H2,1H3. The lowest BCUT2D eigenvalue weighted by molar-refractivity contribution is -0.0972. The Balaban J connectivity index is 1.73. The maximum atomic E-state index is 12.0. The number of hydrogen-bond donors (Lipinski definition) is 3. The number of fused-ring (bicyclic) bond motifs is 4. The number of aromatic nitrogens is 1. The Kier molecular flexibility index (Phi) is 3.64. The summed E-state index contributed by atoms with van der Waals surface area (Å²) in [5.74, 6) is 0.248. The van der Waals surface area contributed by atoms with Gasteiger partial charge in [-0.25, -0.2) is 0 Å². The highest BCUT2D eigenvalue weighted by Crippen LogP contribution is 2.51. The van der Waals surface area contributed by atoms with E-state index in [0.717, 1.165) is 35.9 Å². The van der Waals surface area contributed by atoms with Crippen LogP contribution in [0.2, 0.25) is 5.02 Å². The number of H-pyrrole nitrogens is 1. The molecule has 1 aliphatic carbocycles. The van der Waals surface area contributed by atoms with Crippen molar-refractivity contribution >= 4 is 22.5 Å². The molecule has 2 aromatic carbocycles. The molecule has 5 heteroatoms. The van der Waals surface area contributed by atoms with Crippen molar-refractivity contribution in [2.75, 3.05) is 20.1 Å². The average molecular weight is 383 g/mol. The summed E-state index contributed by atoms with van der Waals surface area (Å²) in [5.41, 5.74) is 3.08. The highest BCUT2D eigenvalue weighted by molar-refractivity contribution is 6.31. The number of halogens is 1. The van der Waals surface area contributed by atoms with E-state index in [4.69, 9.17) is 11.6 Å². The number of likely N-dealkylation sites (tertiary alicyclic amines) is 1. The monoisotopic (exact) mass is 382 g/mol. The molecule has 0 spiro atoms. The molecule has 2 unspecified atom stereocenters. The summed E-state index contributed by atoms with van der Waals surface area (Å²) in [7, 11) is 2.06. The number of aromatic hydroxyl groups is 1. The number of nitrogens with one attached hydrogen (secondary N) is 1. The van der Waals surface area contributed by atoms with E-state index in [1.165, 1.54) is 11.3 Å². The van der Waals surface area contributed by atoms with Crippen molar-refractivity contribution in [3.8, 4) is 5.75 Å². The first kappa shape index (κ1) is 17.1. The molecule has 2 heterocycles. The van der Waals surface area contributed by atoms with Crippen LogP contribution in [0, 0.1) is 0 Å². The topological polar surface area (TPSA) is 59.5 Å². The predicted octanol–water partition coefficient (Wildman–Crippen LogP) is 3.63. The molecule has 1 saturated heterocycles. The Morgan fingerprint density at radius 3 is 2.81 bits per heavy atom. The van der Waals surface area contributed by atoms with Crippen molar-refractivity contribution in [1.29, 1.82) is 0 Å². The van der Waals surface area contributed by atoms with Gasteiger partial charge >= 0.3 is 0 Å². The van der Waals surface area contributed by atoms with Gasteiger partial charge in [-0.15, -0.1) is 0 Å². The number of aromatic amines is 1. The fourth-order valence-electron chi connectivity index (χ4n) is 5.32. The number of likely N-dealkylation sites (N-methyl/N-ethyl adjacent to an activating group) is 1. The van der Waals surface area contributed by atoms with Crippen LogP contribution in [0.5, 0.6) is 5.75 Å². The van der Waals surface area contributed by atoms with Crippen molar-refractivity contribution in [3.63, 3.8) is 0 Å². The third-order valence-corrected chi connectivity index (χ3v) is 6.88. The first-order chi connectivity index (χ1) is 12.9. The van der Waals surface area contributed by atoms with Gasteiger partial charge < -0.3 is 20.1 Å². The van der Waals surface area contributed by atoms with Crippen LogP contribution in [0.15, 0.2) is 42.5 Å².